The number of nitrogens with zero attached hydrogens (tertiary/aromatic N) is 3. The topological polar surface area (TPSA) is 83.3 Å². The fourth-order valence-corrected chi connectivity index (χ4v) is 5.58. The van der Waals surface area contributed by atoms with Crippen LogP contribution in [0.5, 0.6) is 0 Å². The van der Waals surface area contributed by atoms with Gasteiger partial charge in [0.15, 0.2) is 5.76 Å². The van der Waals surface area contributed by atoms with Crippen molar-refractivity contribution in [3.8, 4) is 0 Å². The monoisotopic (exact) mass is 595 g/mol. The molecule has 1 unspecified atom stereocenters. The summed E-state index contributed by atoms with van der Waals surface area (Å²) in [5.74, 6) is -0.974. The first-order valence-corrected chi connectivity index (χ1v) is 14.1. The smallest absolute Gasteiger partial charge is 0.416 e. The Hall–Kier alpha value is -4.54. The minimum absolute atomic E-state index is 0.0334. The van der Waals surface area contributed by atoms with E-state index in [9.17, 15) is 27.6 Å². The molecular formula is C32H32F3N3O5. The van der Waals surface area contributed by atoms with Crippen LogP contribution >= 0.6 is 0 Å². The molecule has 1 saturated heterocycles. The molecule has 1 fully saturated rings. The molecular weight excluding hydrogens is 563 g/mol. The number of halogens is 3. The Morgan fingerprint density at radius 3 is 2.37 bits per heavy atom. The van der Waals surface area contributed by atoms with Crippen molar-refractivity contribution in [2.24, 2.45) is 0 Å². The summed E-state index contributed by atoms with van der Waals surface area (Å²) in [6.45, 7) is 5.01. The van der Waals surface area contributed by atoms with Gasteiger partial charge in [0.05, 0.1) is 24.3 Å². The zero-order valence-electron chi connectivity index (χ0n) is 23.9. The van der Waals surface area contributed by atoms with Gasteiger partial charge in [-0.25, -0.2) is 4.79 Å². The lowest BCUT2D eigenvalue weighted by Gasteiger charge is -2.36. The van der Waals surface area contributed by atoms with Gasteiger partial charge in [0.1, 0.15) is 5.76 Å². The number of carbonyl (C=O) groups excluding carboxylic acids is 3. The van der Waals surface area contributed by atoms with Crippen molar-refractivity contribution in [3.05, 3.63) is 101 Å². The molecule has 2 aromatic carbocycles. The van der Waals surface area contributed by atoms with Crippen LogP contribution in [0.25, 0.3) is 0 Å². The summed E-state index contributed by atoms with van der Waals surface area (Å²) in [7, 11) is 0. The lowest BCUT2D eigenvalue weighted by Crippen LogP contribution is -2.48. The van der Waals surface area contributed by atoms with Crippen LogP contribution in [0.15, 0.2) is 82.4 Å². The number of carbonyl (C=O) groups is 3. The van der Waals surface area contributed by atoms with E-state index in [-0.39, 0.29) is 37.1 Å². The molecule has 2 aliphatic heterocycles. The molecule has 0 radical (unpaired) electrons. The molecule has 226 valence electrons. The van der Waals surface area contributed by atoms with E-state index in [1.165, 1.54) is 11.0 Å². The third-order valence-corrected chi connectivity index (χ3v) is 7.81. The van der Waals surface area contributed by atoms with Gasteiger partial charge < -0.3 is 23.9 Å². The number of anilines is 1. The molecule has 0 bridgehead atoms. The second kappa shape index (κ2) is 12.4. The number of amides is 2. The van der Waals surface area contributed by atoms with E-state index in [1.54, 1.807) is 36.9 Å². The van der Waals surface area contributed by atoms with Gasteiger partial charge in [-0.05, 0) is 49.7 Å². The van der Waals surface area contributed by atoms with Crippen LogP contribution in [0.3, 0.4) is 0 Å². The average molecular weight is 596 g/mol. The lowest BCUT2D eigenvalue weighted by atomic mass is 9.83. The predicted molar refractivity (Wildman–Crippen MR) is 152 cm³/mol. The summed E-state index contributed by atoms with van der Waals surface area (Å²) >= 11 is 0. The Kier molecular flexibility index (Phi) is 8.61. The van der Waals surface area contributed by atoms with Crippen molar-refractivity contribution >= 4 is 23.5 Å². The fourth-order valence-electron chi connectivity index (χ4n) is 5.58. The Bertz CT molecular complexity index is 1520. The van der Waals surface area contributed by atoms with E-state index in [0.29, 0.717) is 48.9 Å². The van der Waals surface area contributed by atoms with Gasteiger partial charge >= 0.3 is 12.1 Å². The quantitative estimate of drug-likeness (QED) is 0.330. The van der Waals surface area contributed by atoms with Crippen molar-refractivity contribution in [1.29, 1.82) is 0 Å². The summed E-state index contributed by atoms with van der Waals surface area (Å²) < 4.78 is 50.6. The number of esters is 1. The number of ether oxygens (including phenoxy) is 1. The highest BCUT2D eigenvalue weighted by atomic mass is 19.4. The van der Waals surface area contributed by atoms with E-state index < -0.39 is 23.6 Å². The van der Waals surface area contributed by atoms with Crippen molar-refractivity contribution in [3.63, 3.8) is 0 Å². The number of hydrogen-bond acceptors (Lipinski definition) is 6. The maximum Gasteiger partial charge on any atom is 0.416 e. The molecule has 43 heavy (non-hydrogen) atoms. The van der Waals surface area contributed by atoms with Crippen LogP contribution in [-0.2, 0) is 27.0 Å². The van der Waals surface area contributed by atoms with Gasteiger partial charge in [0.2, 0.25) is 5.91 Å². The van der Waals surface area contributed by atoms with Gasteiger partial charge in [-0.3, -0.25) is 9.59 Å². The summed E-state index contributed by atoms with van der Waals surface area (Å²) in [6.07, 6.45) is -4.35. The van der Waals surface area contributed by atoms with Crippen LogP contribution in [-0.4, -0.2) is 60.4 Å². The van der Waals surface area contributed by atoms with Crippen LogP contribution in [0, 0.1) is 0 Å². The normalized spacial score (nSPS) is 17.8. The van der Waals surface area contributed by atoms with Gasteiger partial charge in [0, 0.05) is 49.9 Å². The first-order valence-electron chi connectivity index (χ1n) is 14.1. The van der Waals surface area contributed by atoms with Gasteiger partial charge in [-0.1, -0.05) is 36.4 Å². The summed E-state index contributed by atoms with van der Waals surface area (Å²) in [5.41, 5.74) is 1.46. The fraction of sp³-hybridized carbons (Fsp3) is 0.344. The second-order valence-corrected chi connectivity index (χ2v) is 10.5. The molecule has 2 aliphatic rings. The van der Waals surface area contributed by atoms with E-state index in [4.69, 9.17) is 9.15 Å². The second-order valence-electron chi connectivity index (χ2n) is 10.5. The SMILES string of the molecule is CCOC(=O)C1=C(C)N(Cc2ccc(C(=O)N3CCN(c4cccc(C(F)(F)F)c4)CC3)o2)C(=O)CC1c1ccccc1. The number of piperazine rings is 1. The first-order chi connectivity index (χ1) is 20.6. The van der Waals surface area contributed by atoms with E-state index in [0.717, 1.165) is 17.7 Å². The minimum atomic E-state index is -4.43. The Balaban J connectivity index is 1.27. The largest absolute Gasteiger partial charge is 0.463 e. The number of furan rings is 1. The highest BCUT2D eigenvalue weighted by Gasteiger charge is 2.37. The zero-order chi connectivity index (χ0) is 30.7. The summed E-state index contributed by atoms with van der Waals surface area (Å²) in [4.78, 5) is 44.4. The Morgan fingerprint density at radius 2 is 1.70 bits per heavy atom. The van der Waals surface area contributed by atoms with Gasteiger partial charge in [-0.15, -0.1) is 0 Å². The molecule has 11 heteroatoms. The molecule has 0 aliphatic carbocycles. The lowest BCUT2D eigenvalue weighted by molar-refractivity contribution is -0.140. The standard InChI is InChI=1S/C32H32F3N3O5/c1-3-42-31(41)29-21(2)38(28(39)19-26(29)22-8-5-4-6-9-22)20-25-12-13-27(43-25)30(40)37-16-14-36(15-17-37)24-11-7-10-23(18-24)32(33,34)35/h4-13,18,26H,3,14-17,19-20H2,1-2H3. The number of rotatable bonds is 7. The number of allylic oxidation sites excluding steroid dienone is 1. The molecule has 0 spiro atoms. The van der Waals surface area contributed by atoms with Crippen molar-refractivity contribution in [2.45, 2.75) is 38.9 Å². The molecule has 8 nitrogen and oxygen atoms in total. The maximum absolute atomic E-state index is 13.3. The highest BCUT2D eigenvalue weighted by Crippen LogP contribution is 2.38. The van der Waals surface area contributed by atoms with Crippen LogP contribution in [0.1, 0.15) is 53.6 Å². The van der Waals surface area contributed by atoms with Crippen molar-refractivity contribution in [2.75, 3.05) is 37.7 Å². The zero-order valence-corrected chi connectivity index (χ0v) is 23.9. The van der Waals surface area contributed by atoms with Crippen LogP contribution < -0.4 is 4.90 Å². The predicted octanol–water partition coefficient (Wildman–Crippen LogP) is 5.61. The number of benzene rings is 2. The van der Waals surface area contributed by atoms with Crippen LogP contribution in [0.4, 0.5) is 18.9 Å². The molecule has 1 aromatic heterocycles. The van der Waals surface area contributed by atoms with Gasteiger partial charge in [-0.2, -0.15) is 13.2 Å². The molecule has 0 N–H and O–H groups in total. The third-order valence-electron chi connectivity index (χ3n) is 7.81. The molecule has 3 heterocycles. The maximum atomic E-state index is 13.3. The minimum Gasteiger partial charge on any atom is -0.463 e. The van der Waals surface area contributed by atoms with Crippen molar-refractivity contribution < 1.29 is 36.7 Å². The van der Waals surface area contributed by atoms with E-state index >= 15 is 0 Å². The van der Waals surface area contributed by atoms with Crippen molar-refractivity contribution in [1.82, 2.24) is 9.80 Å². The molecule has 1 atom stereocenters. The third kappa shape index (κ3) is 6.45. The first kappa shape index (κ1) is 29.9. The van der Waals surface area contributed by atoms with Crippen LogP contribution in [0.2, 0.25) is 0 Å². The van der Waals surface area contributed by atoms with Gasteiger partial charge in [0.25, 0.3) is 5.91 Å². The molecule has 3 aromatic rings. The van der Waals surface area contributed by atoms with E-state index in [1.807, 2.05) is 35.2 Å². The number of alkyl halides is 3. The van der Waals surface area contributed by atoms with E-state index in [2.05, 4.69) is 0 Å². The average Bonchev–Trinajstić information content (AvgIpc) is 3.47. The summed E-state index contributed by atoms with van der Waals surface area (Å²) in [6, 6.07) is 17.7. The molecule has 0 saturated carbocycles. The summed E-state index contributed by atoms with van der Waals surface area (Å²) in [5, 5.41) is 0. The Morgan fingerprint density at radius 1 is 0.977 bits per heavy atom. The highest BCUT2D eigenvalue weighted by molar-refractivity contribution is 5.96. The molecule has 2 amide bonds. The Labute approximate surface area is 247 Å². The number of hydrogen-bond donors (Lipinski definition) is 0. The molecule has 5 rings (SSSR count).